The van der Waals surface area contributed by atoms with Crippen molar-refractivity contribution in [3.8, 4) is 0 Å². The first-order valence-corrected chi connectivity index (χ1v) is 8.15. The molecule has 1 aromatic heterocycles. The molecular formula is C18H22N4. The van der Waals surface area contributed by atoms with Gasteiger partial charge in [-0.25, -0.2) is 9.97 Å². The topological polar surface area (TPSA) is 41.1 Å². The predicted octanol–water partition coefficient (Wildman–Crippen LogP) is 3.31. The second kappa shape index (κ2) is 5.27. The Labute approximate surface area is 131 Å². The molecule has 0 saturated heterocycles. The molecule has 0 spiro atoms. The maximum atomic E-state index is 4.68. The van der Waals surface area contributed by atoms with Crippen LogP contribution in [0.2, 0.25) is 0 Å². The predicted molar refractivity (Wildman–Crippen MR) is 89.2 cm³/mol. The Kier molecular flexibility index (Phi) is 3.25. The van der Waals surface area contributed by atoms with Gasteiger partial charge in [0.15, 0.2) is 0 Å². The van der Waals surface area contributed by atoms with Crippen molar-refractivity contribution in [2.24, 2.45) is 0 Å². The fraction of sp³-hybridized carbons (Fsp3) is 0.444. The quantitative estimate of drug-likeness (QED) is 0.943. The number of aryl methyl sites for hydroxylation is 1. The third kappa shape index (κ3) is 2.65. The first-order valence-electron chi connectivity index (χ1n) is 8.15. The Morgan fingerprint density at radius 1 is 1.14 bits per heavy atom. The summed E-state index contributed by atoms with van der Waals surface area (Å²) in [5.41, 5.74) is 2.88. The van der Waals surface area contributed by atoms with Gasteiger partial charge in [-0.2, -0.15) is 0 Å². The summed E-state index contributed by atoms with van der Waals surface area (Å²) in [7, 11) is 0. The lowest BCUT2D eigenvalue weighted by molar-refractivity contribution is 0.585. The van der Waals surface area contributed by atoms with Gasteiger partial charge < -0.3 is 10.2 Å². The van der Waals surface area contributed by atoms with Gasteiger partial charge in [-0.1, -0.05) is 24.3 Å². The van der Waals surface area contributed by atoms with Crippen molar-refractivity contribution in [2.75, 3.05) is 10.2 Å². The summed E-state index contributed by atoms with van der Waals surface area (Å²) in [5.74, 6) is 2.85. The van der Waals surface area contributed by atoms with Crippen LogP contribution in [0.25, 0.3) is 0 Å². The van der Waals surface area contributed by atoms with Crippen molar-refractivity contribution in [1.82, 2.24) is 9.97 Å². The molecular weight excluding hydrogens is 272 g/mol. The molecule has 22 heavy (non-hydrogen) atoms. The molecule has 4 rings (SSSR count). The standard InChI is InChI=1S/C18H22N4/c1-12-9-14-5-3-4-6-15(14)11-22(12)18-10-17(19-13(2)20-18)21-16-7-8-16/h3-6,10,12,16H,7-9,11H2,1-2H3,(H,19,20,21)/t12-/m1/s1. The number of rotatable bonds is 3. The SMILES string of the molecule is Cc1nc(NC2CC2)cc(N2Cc3ccccc3C[C@H]2C)n1. The highest BCUT2D eigenvalue weighted by atomic mass is 15.2. The van der Waals surface area contributed by atoms with Crippen molar-refractivity contribution >= 4 is 11.6 Å². The molecule has 1 aliphatic carbocycles. The van der Waals surface area contributed by atoms with Crippen LogP contribution in [-0.2, 0) is 13.0 Å². The molecule has 1 aromatic carbocycles. The maximum absolute atomic E-state index is 4.68. The smallest absolute Gasteiger partial charge is 0.134 e. The molecule has 4 heteroatoms. The monoisotopic (exact) mass is 294 g/mol. The molecule has 4 nitrogen and oxygen atoms in total. The van der Waals surface area contributed by atoms with E-state index in [-0.39, 0.29) is 0 Å². The first kappa shape index (κ1) is 13.6. The van der Waals surface area contributed by atoms with E-state index in [1.165, 1.54) is 24.0 Å². The van der Waals surface area contributed by atoms with Gasteiger partial charge in [0.05, 0.1) is 0 Å². The van der Waals surface area contributed by atoms with E-state index in [9.17, 15) is 0 Å². The minimum absolute atomic E-state index is 0.456. The van der Waals surface area contributed by atoms with Gasteiger partial charge in [-0.3, -0.25) is 0 Å². The zero-order valence-electron chi connectivity index (χ0n) is 13.2. The van der Waals surface area contributed by atoms with Crippen LogP contribution in [0.5, 0.6) is 0 Å². The molecule has 1 saturated carbocycles. The molecule has 1 atom stereocenters. The van der Waals surface area contributed by atoms with E-state index >= 15 is 0 Å². The van der Waals surface area contributed by atoms with Crippen molar-refractivity contribution in [3.05, 3.63) is 47.3 Å². The van der Waals surface area contributed by atoms with Crippen LogP contribution >= 0.6 is 0 Å². The summed E-state index contributed by atoms with van der Waals surface area (Å²) >= 11 is 0. The van der Waals surface area contributed by atoms with Crippen LogP contribution in [0.4, 0.5) is 11.6 Å². The maximum Gasteiger partial charge on any atom is 0.134 e. The van der Waals surface area contributed by atoms with E-state index in [0.29, 0.717) is 12.1 Å². The van der Waals surface area contributed by atoms with Gasteiger partial charge in [0, 0.05) is 24.7 Å². The molecule has 2 heterocycles. The largest absolute Gasteiger partial charge is 0.367 e. The van der Waals surface area contributed by atoms with Gasteiger partial charge in [-0.05, 0) is 44.2 Å². The summed E-state index contributed by atoms with van der Waals surface area (Å²) < 4.78 is 0. The number of hydrogen-bond acceptors (Lipinski definition) is 4. The van der Waals surface area contributed by atoms with E-state index in [2.05, 4.69) is 57.4 Å². The van der Waals surface area contributed by atoms with E-state index in [1.807, 2.05) is 6.92 Å². The first-order chi connectivity index (χ1) is 10.7. The molecule has 0 amide bonds. The Morgan fingerprint density at radius 2 is 1.91 bits per heavy atom. The van der Waals surface area contributed by atoms with Gasteiger partial charge in [0.25, 0.3) is 0 Å². The fourth-order valence-electron chi connectivity index (χ4n) is 3.20. The summed E-state index contributed by atoms with van der Waals surface area (Å²) in [6.07, 6.45) is 3.59. The van der Waals surface area contributed by atoms with E-state index in [0.717, 1.165) is 30.4 Å². The lowest BCUT2D eigenvalue weighted by atomic mass is 9.95. The highest BCUT2D eigenvalue weighted by Crippen LogP contribution is 2.30. The number of fused-ring (bicyclic) bond motifs is 1. The van der Waals surface area contributed by atoms with Crippen molar-refractivity contribution in [2.45, 2.75) is 51.7 Å². The second-order valence-electron chi connectivity index (χ2n) is 6.53. The minimum Gasteiger partial charge on any atom is -0.367 e. The lowest BCUT2D eigenvalue weighted by Crippen LogP contribution is -2.39. The van der Waals surface area contributed by atoms with Crippen LogP contribution < -0.4 is 10.2 Å². The highest BCUT2D eigenvalue weighted by molar-refractivity contribution is 5.53. The Bertz CT molecular complexity index is 693. The Hall–Kier alpha value is -2.10. The molecule has 1 fully saturated rings. The zero-order valence-corrected chi connectivity index (χ0v) is 13.2. The molecule has 2 aliphatic rings. The van der Waals surface area contributed by atoms with E-state index in [1.54, 1.807) is 0 Å². The lowest BCUT2D eigenvalue weighted by Gasteiger charge is -2.36. The van der Waals surface area contributed by atoms with Crippen molar-refractivity contribution in [1.29, 1.82) is 0 Å². The number of anilines is 2. The normalized spacial score (nSPS) is 20.6. The van der Waals surface area contributed by atoms with Crippen LogP contribution in [0, 0.1) is 6.92 Å². The zero-order chi connectivity index (χ0) is 15.1. The molecule has 1 aliphatic heterocycles. The number of hydrogen-bond donors (Lipinski definition) is 1. The van der Waals surface area contributed by atoms with Gasteiger partial charge >= 0.3 is 0 Å². The molecule has 2 aromatic rings. The van der Waals surface area contributed by atoms with Gasteiger partial charge in [0.1, 0.15) is 17.5 Å². The summed E-state index contributed by atoms with van der Waals surface area (Å²) in [4.78, 5) is 11.6. The van der Waals surface area contributed by atoms with E-state index < -0.39 is 0 Å². The number of nitrogens with one attached hydrogen (secondary N) is 1. The van der Waals surface area contributed by atoms with Crippen LogP contribution in [0.15, 0.2) is 30.3 Å². The van der Waals surface area contributed by atoms with Gasteiger partial charge in [0.2, 0.25) is 0 Å². The number of benzene rings is 1. The number of nitrogens with zero attached hydrogens (tertiary/aromatic N) is 3. The Balaban J connectivity index is 1.64. The summed E-state index contributed by atoms with van der Waals surface area (Å²) in [6.45, 7) is 5.18. The number of aromatic nitrogens is 2. The van der Waals surface area contributed by atoms with Crippen LogP contribution in [0.3, 0.4) is 0 Å². The minimum atomic E-state index is 0.456. The third-order valence-electron chi connectivity index (χ3n) is 4.55. The molecule has 0 unspecified atom stereocenters. The van der Waals surface area contributed by atoms with Crippen molar-refractivity contribution in [3.63, 3.8) is 0 Å². The van der Waals surface area contributed by atoms with Gasteiger partial charge in [-0.15, -0.1) is 0 Å². The molecule has 0 bridgehead atoms. The molecule has 114 valence electrons. The average molecular weight is 294 g/mol. The molecule has 1 N–H and O–H groups in total. The Morgan fingerprint density at radius 3 is 2.68 bits per heavy atom. The molecule has 0 radical (unpaired) electrons. The highest BCUT2D eigenvalue weighted by Gasteiger charge is 2.25. The summed E-state index contributed by atoms with van der Waals surface area (Å²) in [5, 5.41) is 3.49. The third-order valence-corrected chi connectivity index (χ3v) is 4.55. The fourth-order valence-corrected chi connectivity index (χ4v) is 3.20. The summed E-state index contributed by atoms with van der Waals surface area (Å²) in [6, 6.07) is 11.9. The van der Waals surface area contributed by atoms with Crippen LogP contribution in [0.1, 0.15) is 36.7 Å². The van der Waals surface area contributed by atoms with Crippen LogP contribution in [-0.4, -0.2) is 22.1 Å². The average Bonchev–Trinajstić information content (AvgIpc) is 3.30. The van der Waals surface area contributed by atoms with E-state index in [4.69, 9.17) is 0 Å². The van der Waals surface area contributed by atoms with Crippen molar-refractivity contribution < 1.29 is 0 Å². The second-order valence-corrected chi connectivity index (χ2v) is 6.53.